The Morgan fingerprint density at radius 3 is 2.67 bits per heavy atom. The van der Waals surface area contributed by atoms with E-state index in [-0.39, 0.29) is 24.5 Å². The van der Waals surface area contributed by atoms with Crippen LogP contribution in [-0.4, -0.2) is 58.3 Å². The van der Waals surface area contributed by atoms with Crippen LogP contribution in [0.15, 0.2) is 11.6 Å². The molecule has 1 amide bonds. The Morgan fingerprint density at radius 1 is 1.24 bits per heavy atom. The van der Waals surface area contributed by atoms with E-state index in [9.17, 15) is 20.1 Å². The Labute approximate surface area is 123 Å². The zero-order valence-electron chi connectivity index (χ0n) is 11.9. The van der Waals surface area contributed by atoms with Gasteiger partial charge in [0.1, 0.15) is 12.2 Å². The zero-order chi connectivity index (χ0) is 15.0. The lowest BCUT2D eigenvalue weighted by Crippen LogP contribution is -2.46. The van der Waals surface area contributed by atoms with Crippen LogP contribution in [-0.2, 0) is 9.53 Å². The summed E-state index contributed by atoms with van der Waals surface area (Å²) in [4.78, 5) is 12.2. The molecular formula is C15H23NO5. The molecule has 2 unspecified atom stereocenters. The zero-order valence-corrected chi connectivity index (χ0v) is 11.9. The van der Waals surface area contributed by atoms with E-state index in [1.807, 2.05) is 0 Å². The summed E-state index contributed by atoms with van der Waals surface area (Å²) in [5.74, 6) is 0.388. The molecule has 3 aliphatic rings. The van der Waals surface area contributed by atoms with Crippen LogP contribution in [0.25, 0.3) is 0 Å². The SMILES string of the molecule is O=C(NC1CCOC(C2CC2)C1)C1=C[C@@H](O)[C@@H](O)[C@H](O)C1. The smallest absolute Gasteiger partial charge is 0.247 e. The molecule has 0 aromatic rings. The van der Waals surface area contributed by atoms with Crippen molar-refractivity contribution in [2.45, 2.75) is 62.6 Å². The largest absolute Gasteiger partial charge is 0.390 e. The van der Waals surface area contributed by atoms with Gasteiger partial charge < -0.3 is 25.4 Å². The summed E-state index contributed by atoms with van der Waals surface area (Å²) in [7, 11) is 0. The molecule has 21 heavy (non-hydrogen) atoms. The standard InChI is InChI=1S/C15H23NO5/c17-11-5-9(6-12(18)14(11)19)15(20)16-10-3-4-21-13(7-10)8-1-2-8/h5,8,10-14,17-19H,1-4,6-7H2,(H,16,20)/t10?,11-,12-,13?,14-/m1/s1. The summed E-state index contributed by atoms with van der Waals surface area (Å²) in [5, 5.41) is 31.7. The highest BCUT2D eigenvalue weighted by Crippen LogP contribution is 2.38. The number of aliphatic hydroxyl groups is 3. The van der Waals surface area contributed by atoms with Crippen LogP contribution in [0.2, 0.25) is 0 Å². The van der Waals surface area contributed by atoms with Crippen molar-refractivity contribution in [2.75, 3.05) is 6.61 Å². The highest BCUT2D eigenvalue weighted by atomic mass is 16.5. The number of carbonyl (C=O) groups is 1. The molecule has 5 atom stereocenters. The molecular weight excluding hydrogens is 274 g/mol. The van der Waals surface area contributed by atoms with Crippen LogP contribution >= 0.6 is 0 Å². The van der Waals surface area contributed by atoms with E-state index in [4.69, 9.17) is 4.74 Å². The van der Waals surface area contributed by atoms with Gasteiger partial charge in [-0.25, -0.2) is 0 Å². The van der Waals surface area contributed by atoms with Gasteiger partial charge in [0.2, 0.25) is 5.91 Å². The fourth-order valence-corrected chi connectivity index (χ4v) is 3.15. The van der Waals surface area contributed by atoms with E-state index >= 15 is 0 Å². The van der Waals surface area contributed by atoms with E-state index in [1.54, 1.807) is 0 Å². The first-order valence-corrected chi connectivity index (χ1v) is 7.72. The minimum atomic E-state index is -1.22. The molecule has 1 saturated heterocycles. The van der Waals surface area contributed by atoms with Gasteiger partial charge in [-0.05, 0) is 37.7 Å². The van der Waals surface area contributed by atoms with Gasteiger partial charge in [-0.1, -0.05) is 0 Å². The summed E-state index contributed by atoms with van der Waals surface area (Å²) in [6, 6.07) is 0.0823. The Bertz CT molecular complexity index is 434. The molecule has 0 radical (unpaired) electrons. The fraction of sp³-hybridized carbons (Fsp3) is 0.800. The molecule has 6 heteroatoms. The molecule has 3 rings (SSSR count). The van der Waals surface area contributed by atoms with Gasteiger partial charge in [0.15, 0.2) is 0 Å². The summed E-state index contributed by atoms with van der Waals surface area (Å²) >= 11 is 0. The molecule has 0 bridgehead atoms. The Morgan fingerprint density at radius 2 is 2.00 bits per heavy atom. The van der Waals surface area contributed by atoms with Crippen LogP contribution < -0.4 is 5.32 Å². The van der Waals surface area contributed by atoms with E-state index in [1.165, 1.54) is 18.9 Å². The number of ether oxygens (including phenoxy) is 1. The van der Waals surface area contributed by atoms with Crippen LogP contribution in [0, 0.1) is 5.92 Å². The Hall–Kier alpha value is -0.950. The van der Waals surface area contributed by atoms with Gasteiger partial charge in [-0.3, -0.25) is 4.79 Å². The summed E-state index contributed by atoms with van der Waals surface area (Å²) in [5.41, 5.74) is 0.342. The van der Waals surface area contributed by atoms with Gasteiger partial charge in [0.25, 0.3) is 0 Å². The van der Waals surface area contributed by atoms with Crippen molar-refractivity contribution in [1.82, 2.24) is 5.32 Å². The van der Waals surface area contributed by atoms with E-state index in [2.05, 4.69) is 5.32 Å². The maximum Gasteiger partial charge on any atom is 0.247 e. The third-order valence-electron chi connectivity index (χ3n) is 4.63. The minimum Gasteiger partial charge on any atom is -0.390 e. The average Bonchev–Trinajstić information content (AvgIpc) is 3.29. The van der Waals surface area contributed by atoms with E-state index < -0.39 is 18.3 Å². The molecule has 118 valence electrons. The van der Waals surface area contributed by atoms with Crippen molar-refractivity contribution in [3.63, 3.8) is 0 Å². The monoisotopic (exact) mass is 297 g/mol. The maximum atomic E-state index is 12.2. The predicted molar refractivity (Wildman–Crippen MR) is 74.3 cm³/mol. The van der Waals surface area contributed by atoms with Gasteiger partial charge in [-0.2, -0.15) is 0 Å². The molecule has 0 spiro atoms. The summed E-state index contributed by atoms with van der Waals surface area (Å²) in [6.07, 6.45) is 2.20. The third-order valence-corrected chi connectivity index (χ3v) is 4.63. The molecule has 0 aromatic heterocycles. The molecule has 0 aromatic carbocycles. The molecule has 2 fully saturated rings. The maximum absolute atomic E-state index is 12.2. The van der Waals surface area contributed by atoms with Crippen molar-refractivity contribution in [3.05, 3.63) is 11.6 Å². The number of rotatable bonds is 3. The van der Waals surface area contributed by atoms with Gasteiger partial charge in [0, 0.05) is 24.6 Å². The molecule has 6 nitrogen and oxygen atoms in total. The summed E-state index contributed by atoms with van der Waals surface area (Å²) < 4.78 is 5.73. The molecule has 4 N–H and O–H groups in total. The first kappa shape index (κ1) is 15.0. The highest BCUT2D eigenvalue weighted by molar-refractivity contribution is 5.94. The quantitative estimate of drug-likeness (QED) is 0.561. The number of aliphatic hydroxyl groups excluding tert-OH is 3. The Balaban J connectivity index is 1.57. The predicted octanol–water partition coefficient (Wildman–Crippen LogP) is -0.527. The van der Waals surface area contributed by atoms with Crippen molar-refractivity contribution in [2.24, 2.45) is 5.92 Å². The van der Waals surface area contributed by atoms with Crippen molar-refractivity contribution in [3.8, 4) is 0 Å². The Kier molecular flexibility index (Phi) is 4.31. The van der Waals surface area contributed by atoms with Crippen molar-refractivity contribution < 1.29 is 24.9 Å². The second kappa shape index (κ2) is 6.04. The van der Waals surface area contributed by atoms with Crippen molar-refractivity contribution in [1.29, 1.82) is 0 Å². The van der Waals surface area contributed by atoms with Gasteiger partial charge in [-0.15, -0.1) is 0 Å². The van der Waals surface area contributed by atoms with E-state index in [0.717, 1.165) is 12.8 Å². The number of carbonyl (C=O) groups excluding carboxylic acids is 1. The average molecular weight is 297 g/mol. The number of nitrogens with one attached hydrogen (secondary N) is 1. The lowest BCUT2D eigenvalue weighted by Gasteiger charge is -2.32. The number of hydrogen-bond acceptors (Lipinski definition) is 5. The lowest BCUT2D eigenvalue weighted by molar-refractivity contribution is -0.121. The van der Waals surface area contributed by atoms with Crippen LogP contribution in [0.4, 0.5) is 0 Å². The molecule has 1 aliphatic heterocycles. The van der Waals surface area contributed by atoms with E-state index in [0.29, 0.717) is 18.1 Å². The van der Waals surface area contributed by atoms with Crippen LogP contribution in [0.5, 0.6) is 0 Å². The first-order valence-electron chi connectivity index (χ1n) is 7.72. The van der Waals surface area contributed by atoms with Crippen LogP contribution in [0.3, 0.4) is 0 Å². The lowest BCUT2D eigenvalue weighted by atomic mass is 9.91. The topological polar surface area (TPSA) is 99.0 Å². The molecule has 1 saturated carbocycles. The van der Waals surface area contributed by atoms with Crippen molar-refractivity contribution >= 4 is 5.91 Å². The first-order chi connectivity index (χ1) is 10.0. The molecule has 2 aliphatic carbocycles. The number of hydrogen-bond donors (Lipinski definition) is 4. The van der Waals surface area contributed by atoms with Crippen LogP contribution in [0.1, 0.15) is 32.1 Å². The summed E-state index contributed by atoms with van der Waals surface area (Å²) in [6.45, 7) is 0.662. The molecule has 1 heterocycles. The number of amides is 1. The second-order valence-corrected chi connectivity index (χ2v) is 6.39. The third kappa shape index (κ3) is 3.45. The van der Waals surface area contributed by atoms with Gasteiger partial charge >= 0.3 is 0 Å². The second-order valence-electron chi connectivity index (χ2n) is 6.39. The minimum absolute atomic E-state index is 0.0688. The highest BCUT2D eigenvalue weighted by Gasteiger charge is 2.37. The fourth-order valence-electron chi connectivity index (χ4n) is 3.15. The van der Waals surface area contributed by atoms with Gasteiger partial charge in [0.05, 0.1) is 12.2 Å². The normalized spacial score (nSPS) is 40.5.